The Bertz CT molecular complexity index is 1610. The van der Waals surface area contributed by atoms with Gasteiger partial charge in [0, 0.05) is 37.5 Å². The molecule has 0 unspecified atom stereocenters. The summed E-state index contributed by atoms with van der Waals surface area (Å²) in [6, 6.07) is 4.97. The molecule has 0 radical (unpaired) electrons. The fourth-order valence-corrected chi connectivity index (χ4v) is 5.59. The van der Waals surface area contributed by atoms with Gasteiger partial charge in [-0.25, -0.2) is 18.4 Å². The number of hydrogen-bond acceptors (Lipinski definition) is 10. The van der Waals surface area contributed by atoms with Crippen LogP contribution in [-0.4, -0.2) is 63.7 Å². The van der Waals surface area contributed by atoms with E-state index in [9.17, 15) is 26.0 Å². The maximum absolute atomic E-state index is 13.7. The topological polar surface area (TPSA) is 131 Å². The summed E-state index contributed by atoms with van der Waals surface area (Å²) in [5.74, 6) is -2.25. The summed E-state index contributed by atoms with van der Waals surface area (Å²) in [6.45, 7) is -1.83. The third-order valence-corrected chi connectivity index (χ3v) is 8.15. The van der Waals surface area contributed by atoms with Crippen LogP contribution in [0.4, 0.5) is 17.6 Å². The van der Waals surface area contributed by atoms with E-state index in [4.69, 9.17) is 4.74 Å². The molecule has 3 aromatic heterocycles. The normalized spacial score (nSPS) is 13.4. The van der Waals surface area contributed by atoms with Gasteiger partial charge in [-0.3, -0.25) is 9.55 Å². The molecule has 224 valence electrons. The van der Waals surface area contributed by atoms with E-state index in [1.54, 1.807) is 19.9 Å². The van der Waals surface area contributed by atoms with E-state index in [-0.39, 0.29) is 23.0 Å². The van der Waals surface area contributed by atoms with Crippen LogP contribution in [0.2, 0.25) is 0 Å². The molecule has 0 fully saturated rings. The number of halogens is 4. The number of rotatable bonds is 12. The van der Waals surface area contributed by atoms with Crippen molar-refractivity contribution in [3.8, 4) is 28.6 Å². The van der Waals surface area contributed by atoms with Crippen LogP contribution in [0.15, 0.2) is 49.1 Å². The van der Waals surface area contributed by atoms with Gasteiger partial charge in [-0.05, 0) is 50.1 Å². The van der Waals surface area contributed by atoms with Crippen molar-refractivity contribution >= 4 is 9.84 Å². The predicted octanol–water partition coefficient (Wildman–Crippen LogP) is 4.63. The Morgan fingerprint density at radius 2 is 1.52 bits per heavy atom. The van der Waals surface area contributed by atoms with Crippen molar-refractivity contribution in [3.63, 3.8) is 0 Å². The molecule has 0 spiro atoms. The minimum Gasteiger partial charge on any atom is -0.432 e. The van der Waals surface area contributed by atoms with Crippen LogP contribution < -0.4 is 9.47 Å². The summed E-state index contributed by atoms with van der Waals surface area (Å²) in [5.41, 5.74) is 1.26. The zero-order valence-electron chi connectivity index (χ0n) is 22.8. The van der Waals surface area contributed by atoms with Crippen LogP contribution in [0.5, 0.6) is 11.5 Å². The minimum atomic E-state index is -4.18. The highest BCUT2D eigenvalue weighted by atomic mass is 32.2. The molecule has 3 heterocycles. The van der Waals surface area contributed by atoms with E-state index in [0.717, 1.165) is 22.3 Å². The first-order valence-electron chi connectivity index (χ1n) is 12.3. The minimum absolute atomic E-state index is 0.0846. The molecule has 16 heteroatoms. The highest BCUT2D eigenvalue weighted by molar-refractivity contribution is 7.91. The molecule has 0 saturated heterocycles. The van der Waals surface area contributed by atoms with Crippen LogP contribution >= 0.6 is 0 Å². The molecule has 0 aliphatic rings. The SMILES string of the molecule is CO[C@H](c1ncc(C)cn1)[C@H](C)S(=O)(=O)Cc1nnc(-c2cncc(C)c2)n1-c1c(OC(F)F)cccc1OC(F)F. The number of alkyl halides is 4. The lowest BCUT2D eigenvalue weighted by atomic mass is 10.2. The Kier molecular flexibility index (Phi) is 9.36. The van der Waals surface area contributed by atoms with Crippen molar-refractivity contribution in [2.24, 2.45) is 0 Å². The number of pyridine rings is 1. The first kappa shape index (κ1) is 30.8. The first-order valence-corrected chi connectivity index (χ1v) is 14.0. The fraction of sp³-hybridized carbons (Fsp3) is 0.346. The molecule has 0 bridgehead atoms. The third-order valence-electron chi connectivity index (χ3n) is 6.11. The lowest BCUT2D eigenvalue weighted by Gasteiger charge is -2.22. The van der Waals surface area contributed by atoms with E-state index in [1.807, 2.05) is 0 Å². The molecule has 0 amide bonds. The zero-order valence-corrected chi connectivity index (χ0v) is 23.6. The van der Waals surface area contributed by atoms with Gasteiger partial charge in [-0.2, -0.15) is 17.6 Å². The van der Waals surface area contributed by atoms with Crippen LogP contribution in [0, 0.1) is 13.8 Å². The number of hydrogen-bond donors (Lipinski definition) is 0. The molecular weight excluding hydrogens is 584 g/mol. The highest BCUT2D eigenvalue weighted by Gasteiger charge is 2.35. The van der Waals surface area contributed by atoms with Crippen LogP contribution in [-0.2, 0) is 20.3 Å². The summed E-state index contributed by atoms with van der Waals surface area (Å²) in [6.07, 6.45) is 4.84. The standard InChI is InChI=1S/C26H26F4N6O5S/c1-14-8-17(12-31-9-14)24-35-34-20(13-42(37,38)16(3)22(39-4)23-32-10-15(2)11-33-23)36(24)21-18(40-25(27)28)6-5-7-19(21)41-26(29)30/h5-12,16,22,25-26H,13H2,1-4H3/t16-,22-/m0/s1. The molecule has 11 nitrogen and oxygen atoms in total. The Morgan fingerprint density at radius 1 is 0.905 bits per heavy atom. The molecule has 0 aliphatic carbocycles. The Morgan fingerprint density at radius 3 is 2.07 bits per heavy atom. The highest BCUT2D eigenvalue weighted by Crippen LogP contribution is 2.39. The predicted molar refractivity (Wildman–Crippen MR) is 141 cm³/mol. The number of aryl methyl sites for hydroxylation is 2. The Hall–Kier alpha value is -4.18. The molecule has 42 heavy (non-hydrogen) atoms. The first-order chi connectivity index (χ1) is 19.9. The number of aromatic nitrogens is 6. The van der Waals surface area contributed by atoms with Gasteiger partial charge in [0.2, 0.25) is 0 Å². The van der Waals surface area contributed by atoms with Gasteiger partial charge >= 0.3 is 13.2 Å². The largest absolute Gasteiger partial charge is 0.432 e. The quantitative estimate of drug-likeness (QED) is 0.209. The van der Waals surface area contributed by atoms with Crippen molar-refractivity contribution in [1.29, 1.82) is 0 Å². The van der Waals surface area contributed by atoms with E-state index in [0.29, 0.717) is 5.56 Å². The van der Waals surface area contributed by atoms with E-state index in [1.165, 1.54) is 44.9 Å². The summed E-state index contributed by atoms with van der Waals surface area (Å²) >= 11 is 0. The fourth-order valence-electron chi connectivity index (χ4n) is 4.17. The number of benzene rings is 1. The maximum atomic E-state index is 13.7. The third kappa shape index (κ3) is 6.82. The Labute approximate surface area is 238 Å². The van der Waals surface area contributed by atoms with Crippen LogP contribution in [0.3, 0.4) is 0 Å². The summed E-state index contributed by atoms with van der Waals surface area (Å²) in [7, 11) is -2.88. The monoisotopic (exact) mass is 610 g/mol. The van der Waals surface area contributed by atoms with E-state index < -0.39 is 57.4 Å². The summed E-state index contributed by atoms with van der Waals surface area (Å²) in [4.78, 5) is 12.4. The number of sulfone groups is 1. The lowest BCUT2D eigenvalue weighted by molar-refractivity contribution is -0.0542. The van der Waals surface area contributed by atoms with Gasteiger partial charge in [0.1, 0.15) is 17.5 Å². The Balaban J connectivity index is 1.89. The zero-order chi connectivity index (χ0) is 30.6. The van der Waals surface area contributed by atoms with E-state index >= 15 is 0 Å². The molecule has 0 saturated carbocycles. The van der Waals surface area contributed by atoms with Crippen molar-refractivity contribution in [3.05, 3.63) is 71.8 Å². The van der Waals surface area contributed by atoms with Crippen LogP contribution in [0.1, 0.15) is 35.8 Å². The van der Waals surface area contributed by atoms with Crippen molar-refractivity contribution in [2.45, 2.75) is 51.1 Å². The molecular formula is C26H26F4N6O5S. The van der Waals surface area contributed by atoms with Crippen LogP contribution in [0.25, 0.3) is 17.1 Å². The number of methoxy groups -OCH3 is 1. The van der Waals surface area contributed by atoms with Crippen molar-refractivity contribution < 1.29 is 40.2 Å². The van der Waals surface area contributed by atoms with Crippen molar-refractivity contribution in [1.82, 2.24) is 29.7 Å². The molecule has 0 N–H and O–H groups in total. The lowest BCUT2D eigenvalue weighted by Crippen LogP contribution is -2.30. The molecule has 4 aromatic rings. The average molecular weight is 611 g/mol. The van der Waals surface area contributed by atoms with Gasteiger partial charge in [0.05, 0.1) is 5.25 Å². The van der Waals surface area contributed by atoms with Gasteiger partial charge in [0.15, 0.2) is 38.8 Å². The summed E-state index contributed by atoms with van der Waals surface area (Å²) < 4.78 is 96.8. The maximum Gasteiger partial charge on any atom is 0.387 e. The van der Waals surface area contributed by atoms with Gasteiger partial charge in [-0.15, -0.1) is 10.2 Å². The number of ether oxygens (including phenoxy) is 3. The second-order valence-electron chi connectivity index (χ2n) is 9.17. The smallest absolute Gasteiger partial charge is 0.387 e. The number of para-hydroxylation sites is 1. The molecule has 1 aromatic carbocycles. The van der Waals surface area contributed by atoms with Gasteiger partial charge in [0.25, 0.3) is 0 Å². The molecule has 4 rings (SSSR count). The summed E-state index contributed by atoms with van der Waals surface area (Å²) in [5, 5.41) is 6.88. The second-order valence-corrected chi connectivity index (χ2v) is 11.5. The number of nitrogens with zero attached hydrogens (tertiary/aromatic N) is 6. The average Bonchev–Trinajstić information content (AvgIpc) is 3.32. The van der Waals surface area contributed by atoms with Gasteiger partial charge in [-0.1, -0.05) is 6.07 Å². The van der Waals surface area contributed by atoms with Crippen molar-refractivity contribution in [2.75, 3.05) is 7.11 Å². The van der Waals surface area contributed by atoms with Gasteiger partial charge < -0.3 is 14.2 Å². The molecule has 0 aliphatic heterocycles. The second kappa shape index (κ2) is 12.8. The molecule has 2 atom stereocenters. The van der Waals surface area contributed by atoms with E-state index in [2.05, 4.69) is 34.6 Å².